The Labute approximate surface area is 158 Å². The van der Waals surface area contributed by atoms with Crippen LogP contribution in [-0.4, -0.2) is 48.1 Å². The molecule has 26 heavy (non-hydrogen) atoms. The molecule has 5 nitrogen and oxygen atoms in total. The molecule has 0 aliphatic rings. The van der Waals surface area contributed by atoms with Gasteiger partial charge in [-0.2, -0.15) is 0 Å². The van der Waals surface area contributed by atoms with Crippen molar-refractivity contribution >= 4 is 6.09 Å². The molecule has 1 atom stereocenters. The van der Waals surface area contributed by atoms with Crippen LogP contribution in [0.4, 0.5) is 4.79 Å². The Morgan fingerprint density at radius 2 is 1.88 bits per heavy atom. The molecule has 0 heterocycles. The average Bonchev–Trinajstić information content (AvgIpc) is 2.51. The second-order valence-corrected chi connectivity index (χ2v) is 8.14. The van der Waals surface area contributed by atoms with Gasteiger partial charge in [-0.15, -0.1) is 0 Å². The van der Waals surface area contributed by atoms with Crippen molar-refractivity contribution in [2.75, 3.05) is 20.3 Å². The molecule has 5 heteroatoms. The average molecular weight is 366 g/mol. The number of ether oxygens (including phenoxy) is 2. The number of amides is 1. The molecule has 1 rings (SSSR count). The van der Waals surface area contributed by atoms with Gasteiger partial charge in [0, 0.05) is 20.3 Å². The number of hydrogen-bond donors (Lipinski definition) is 1. The quantitative estimate of drug-likeness (QED) is 0.718. The molecule has 0 unspecified atom stereocenters. The molecule has 0 bridgehead atoms. The van der Waals surface area contributed by atoms with Crippen LogP contribution in [0.1, 0.15) is 52.2 Å². The highest BCUT2D eigenvalue weighted by Gasteiger charge is 2.29. The monoisotopic (exact) mass is 365 g/mol. The molecule has 148 valence electrons. The lowest BCUT2D eigenvalue weighted by atomic mass is 10.0. The number of carbonyl (C=O) groups excluding carboxylic acids is 1. The SMILES string of the molecule is COC[C@H](CC(C)C)N(Cc1cccc(CCO)c1)C(=O)OC(C)(C)C. The van der Waals surface area contributed by atoms with Crippen LogP contribution in [0.15, 0.2) is 24.3 Å². The molecule has 0 aliphatic carbocycles. The van der Waals surface area contributed by atoms with E-state index < -0.39 is 5.60 Å². The summed E-state index contributed by atoms with van der Waals surface area (Å²) in [6.07, 6.45) is 1.12. The summed E-state index contributed by atoms with van der Waals surface area (Å²) in [7, 11) is 1.66. The topological polar surface area (TPSA) is 59.0 Å². The summed E-state index contributed by atoms with van der Waals surface area (Å²) in [5.41, 5.74) is 1.52. The van der Waals surface area contributed by atoms with Crippen LogP contribution in [0.25, 0.3) is 0 Å². The zero-order chi connectivity index (χ0) is 19.7. The molecule has 0 saturated carbocycles. The minimum atomic E-state index is -0.552. The standard InChI is InChI=1S/C21H35NO4/c1-16(2)12-19(15-25-6)22(20(24)26-21(3,4)5)14-18-9-7-8-17(13-18)10-11-23/h7-9,13,16,19,23H,10-12,14-15H2,1-6H3/t19-/m0/s1. The summed E-state index contributed by atoms with van der Waals surface area (Å²) >= 11 is 0. The Morgan fingerprint density at radius 1 is 1.23 bits per heavy atom. The maximum atomic E-state index is 12.9. The summed E-state index contributed by atoms with van der Waals surface area (Å²) in [5.74, 6) is 0.431. The predicted octanol–water partition coefficient (Wildman–Crippen LogP) is 4.02. The van der Waals surface area contributed by atoms with Crippen molar-refractivity contribution < 1.29 is 19.4 Å². The fraction of sp³-hybridized carbons (Fsp3) is 0.667. The van der Waals surface area contributed by atoms with Crippen LogP contribution in [0.3, 0.4) is 0 Å². The van der Waals surface area contributed by atoms with E-state index in [9.17, 15) is 4.79 Å². The van der Waals surface area contributed by atoms with Gasteiger partial charge in [-0.3, -0.25) is 4.90 Å². The zero-order valence-electron chi connectivity index (χ0n) is 17.1. The summed E-state index contributed by atoms with van der Waals surface area (Å²) in [6.45, 7) is 10.9. The second kappa shape index (κ2) is 10.5. The first-order valence-electron chi connectivity index (χ1n) is 9.33. The third kappa shape index (κ3) is 8.19. The number of nitrogens with zero attached hydrogens (tertiary/aromatic N) is 1. The maximum Gasteiger partial charge on any atom is 0.410 e. The number of carbonyl (C=O) groups is 1. The Kier molecular flexibility index (Phi) is 9.09. The van der Waals surface area contributed by atoms with Crippen molar-refractivity contribution in [3.8, 4) is 0 Å². The lowest BCUT2D eigenvalue weighted by Crippen LogP contribution is -2.45. The molecule has 0 aliphatic heterocycles. The number of hydrogen-bond acceptors (Lipinski definition) is 4. The van der Waals surface area contributed by atoms with Crippen molar-refractivity contribution in [1.82, 2.24) is 4.90 Å². The van der Waals surface area contributed by atoms with Crippen molar-refractivity contribution in [2.45, 2.75) is 65.6 Å². The lowest BCUT2D eigenvalue weighted by Gasteiger charge is -2.34. The number of aliphatic hydroxyl groups is 1. The molecule has 0 saturated heterocycles. The van der Waals surface area contributed by atoms with Crippen LogP contribution in [0, 0.1) is 5.92 Å². The molecule has 1 aromatic rings. The number of aliphatic hydroxyl groups excluding tert-OH is 1. The third-order valence-corrected chi connectivity index (χ3v) is 3.92. The molecule has 0 aromatic heterocycles. The molecule has 0 spiro atoms. The van der Waals surface area contributed by atoms with Gasteiger partial charge in [0.1, 0.15) is 5.60 Å². The smallest absolute Gasteiger partial charge is 0.410 e. The first kappa shape index (κ1) is 22.5. The van der Waals surface area contributed by atoms with E-state index in [4.69, 9.17) is 14.6 Å². The summed E-state index contributed by atoms with van der Waals surface area (Å²) < 4.78 is 11.0. The Bertz CT molecular complexity index is 551. The van der Waals surface area contributed by atoms with E-state index in [-0.39, 0.29) is 18.7 Å². The molecule has 1 N–H and O–H groups in total. The maximum absolute atomic E-state index is 12.9. The van der Waals surface area contributed by atoms with Gasteiger partial charge >= 0.3 is 6.09 Å². The number of rotatable bonds is 9. The molecule has 0 fully saturated rings. The fourth-order valence-corrected chi connectivity index (χ4v) is 2.89. The first-order chi connectivity index (χ1) is 12.2. The van der Waals surface area contributed by atoms with Gasteiger partial charge < -0.3 is 14.6 Å². The molecular weight excluding hydrogens is 330 g/mol. The normalized spacial score (nSPS) is 12.9. The van der Waals surface area contributed by atoms with E-state index in [0.29, 0.717) is 25.5 Å². The van der Waals surface area contributed by atoms with Crippen LogP contribution in [0.5, 0.6) is 0 Å². The first-order valence-corrected chi connectivity index (χ1v) is 9.33. The van der Waals surface area contributed by atoms with E-state index in [2.05, 4.69) is 13.8 Å². The van der Waals surface area contributed by atoms with Gasteiger partial charge in [-0.05, 0) is 50.7 Å². The van der Waals surface area contributed by atoms with Gasteiger partial charge in [0.15, 0.2) is 0 Å². The van der Waals surface area contributed by atoms with Crippen molar-refractivity contribution in [3.05, 3.63) is 35.4 Å². The van der Waals surface area contributed by atoms with E-state index in [1.54, 1.807) is 12.0 Å². The van der Waals surface area contributed by atoms with E-state index >= 15 is 0 Å². The van der Waals surface area contributed by atoms with Gasteiger partial charge in [0.25, 0.3) is 0 Å². The number of benzene rings is 1. The van der Waals surface area contributed by atoms with Gasteiger partial charge in [0.2, 0.25) is 0 Å². The second-order valence-electron chi connectivity index (χ2n) is 8.14. The van der Waals surface area contributed by atoms with Gasteiger partial charge in [-0.25, -0.2) is 4.79 Å². The Morgan fingerprint density at radius 3 is 2.42 bits per heavy atom. The Hall–Kier alpha value is -1.59. The number of methoxy groups -OCH3 is 1. The van der Waals surface area contributed by atoms with Crippen molar-refractivity contribution in [1.29, 1.82) is 0 Å². The zero-order valence-corrected chi connectivity index (χ0v) is 17.1. The molecular formula is C21H35NO4. The van der Waals surface area contributed by atoms with Crippen LogP contribution < -0.4 is 0 Å². The van der Waals surface area contributed by atoms with Crippen LogP contribution in [-0.2, 0) is 22.4 Å². The van der Waals surface area contributed by atoms with E-state index in [1.165, 1.54) is 0 Å². The van der Waals surface area contributed by atoms with Gasteiger partial charge in [0.05, 0.1) is 12.6 Å². The molecule has 0 radical (unpaired) electrons. The summed E-state index contributed by atoms with van der Waals surface area (Å²) in [4.78, 5) is 14.7. The van der Waals surface area contributed by atoms with Crippen molar-refractivity contribution in [3.63, 3.8) is 0 Å². The van der Waals surface area contributed by atoms with Crippen LogP contribution in [0.2, 0.25) is 0 Å². The third-order valence-electron chi connectivity index (χ3n) is 3.92. The van der Waals surface area contributed by atoms with E-state index in [0.717, 1.165) is 17.5 Å². The summed E-state index contributed by atoms with van der Waals surface area (Å²) in [5, 5.41) is 9.16. The lowest BCUT2D eigenvalue weighted by molar-refractivity contribution is 0.000224. The van der Waals surface area contributed by atoms with Crippen molar-refractivity contribution in [2.24, 2.45) is 5.92 Å². The largest absolute Gasteiger partial charge is 0.444 e. The van der Waals surface area contributed by atoms with Gasteiger partial charge in [-0.1, -0.05) is 38.1 Å². The van der Waals surface area contributed by atoms with E-state index in [1.807, 2.05) is 45.0 Å². The minimum Gasteiger partial charge on any atom is -0.444 e. The van der Waals surface area contributed by atoms with Crippen LogP contribution >= 0.6 is 0 Å². The highest BCUT2D eigenvalue weighted by molar-refractivity contribution is 5.68. The predicted molar refractivity (Wildman–Crippen MR) is 104 cm³/mol. The highest BCUT2D eigenvalue weighted by Crippen LogP contribution is 2.20. The fourth-order valence-electron chi connectivity index (χ4n) is 2.89. The summed E-state index contributed by atoms with van der Waals surface area (Å²) in [6, 6.07) is 7.92. The molecule has 1 amide bonds. The highest BCUT2D eigenvalue weighted by atomic mass is 16.6. The Balaban J connectivity index is 3.08. The minimum absolute atomic E-state index is 0.0589. The molecule has 1 aromatic carbocycles.